The van der Waals surface area contributed by atoms with E-state index in [0.717, 1.165) is 36.0 Å². The number of aromatic nitrogens is 2. The van der Waals surface area contributed by atoms with Crippen LogP contribution in [0.25, 0.3) is 0 Å². The molecule has 5 nitrogen and oxygen atoms in total. The molecule has 0 bridgehead atoms. The van der Waals surface area contributed by atoms with Crippen molar-refractivity contribution >= 4 is 6.03 Å². The number of nitrogens with one attached hydrogen (secondary N) is 2. The minimum Gasteiger partial charge on any atom is -0.338 e. The van der Waals surface area contributed by atoms with Gasteiger partial charge in [0.2, 0.25) is 0 Å². The molecule has 2 aromatic rings. The van der Waals surface area contributed by atoms with E-state index in [1.807, 2.05) is 19.3 Å². The second-order valence-electron chi connectivity index (χ2n) is 6.47. The third kappa shape index (κ3) is 3.58. The molecule has 6 heteroatoms. The largest absolute Gasteiger partial charge is 0.338 e. The van der Waals surface area contributed by atoms with Crippen LogP contribution in [0.1, 0.15) is 36.1 Å². The molecule has 1 aliphatic carbocycles. The van der Waals surface area contributed by atoms with Gasteiger partial charge in [-0.05, 0) is 47.9 Å². The van der Waals surface area contributed by atoms with E-state index in [9.17, 15) is 9.18 Å². The van der Waals surface area contributed by atoms with Gasteiger partial charge in [-0.15, -0.1) is 0 Å². The normalized spacial score (nSPS) is 19.6. The van der Waals surface area contributed by atoms with Gasteiger partial charge >= 0.3 is 6.03 Å². The molecule has 1 heterocycles. The van der Waals surface area contributed by atoms with Crippen molar-refractivity contribution in [2.75, 3.05) is 6.54 Å². The number of halogens is 1. The van der Waals surface area contributed by atoms with Crippen LogP contribution in [0.15, 0.2) is 30.6 Å². The number of rotatable bonds is 4. The van der Waals surface area contributed by atoms with Crippen LogP contribution >= 0.6 is 0 Å². The average Bonchev–Trinajstić information content (AvgIpc) is 2.96. The van der Waals surface area contributed by atoms with Crippen LogP contribution in [0.3, 0.4) is 0 Å². The lowest BCUT2D eigenvalue weighted by molar-refractivity contribution is 0.229. The standard InChI is InChI=1S/C18H23FN4O/c1-12-6-7-14-15(4-3-5-16(14)19)17(12)22-18(24)20-9-8-13-10-21-23(2)11-13/h3-5,10-12,17H,6-9H2,1-2H3,(H2,20,22,24)/t12-,17-/m1/s1. The fraction of sp³-hybridized carbons (Fsp3) is 0.444. The molecule has 0 radical (unpaired) electrons. The molecule has 0 aliphatic heterocycles. The summed E-state index contributed by atoms with van der Waals surface area (Å²) in [5.41, 5.74) is 2.71. The summed E-state index contributed by atoms with van der Waals surface area (Å²) in [4.78, 5) is 12.2. The van der Waals surface area contributed by atoms with Crippen LogP contribution in [0.4, 0.5) is 9.18 Å². The zero-order chi connectivity index (χ0) is 17.1. The lowest BCUT2D eigenvalue weighted by atomic mass is 9.80. The molecular weight excluding hydrogens is 307 g/mol. The summed E-state index contributed by atoms with van der Waals surface area (Å²) in [6.07, 6.45) is 6.05. The van der Waals surface area contributed by atoms with E-state index in [-0.39, 0.29) is 23.8 Å². The monoisotopic (exact) mass is 330 g/mol. The Morgan fingerprint density at radius 2 is 2.29 bits per heavy atom. The molecule has 0 saturated carbocycles. The van der Waals surface area contributed by atoms with Crippen LogP contribution in [0, 0.1) is 11.7 Å². The highest BCUT2D eigenvalue weighted by molar-refractivity contribution is 5.74. The van der Waals surface area contributed by atoms with E-state index in [2.05, 4.69) is 22.7 Å². The number of fused-ring (bicyclic) bond motifs is 1. The van der Waals surface area contributed by atoms with Crippen LogP contribution < -0.4 is 10.6 Å². The van der Waals surface area contributed by atoms with Crippen molar-refractivity contribution in [1.29, 1.82) is 0 Å². The summed E-state index contributed by atoms with van der Waals surface area (Å²) >= 11 is 0. The zero-order valence-electron chi connectivity index (χ0n) is 14.1. The van der Waals surface area contributed by atoms with Crippen molar-refractivity contribution in [3.8, 4) is 0 Å². The minimum absolute atomic E-state index is 0.150. The smallest absolute Gasteiger partial charge is 0.315 e. The molecule has 3 rings (SSSR count). The topological polar surface area (TPSA) is 59.0 Å². The van der Waals surface area contributed by atoms with E-state index in [0.29, 0.717) is 6.54 Å². The fourth-order valence-corrected chi connectivity index (χ4v) is 3.31. The maximum atomic E-state index is 14.0. The Balaban J connectivity index is 1.59. The third-order valence-corrected chi connectivity index (χ3v) is 4.65. The van der Waals surface area contributed by atoms with Gasteiger partial charge in [-0.1, -0.05) is 19.1 Å². The maximum Gasteiger partial charge on any atom is 0.315 e. The Morgan fingerprint density at radius 1 is 1.46 bits per heavy atom. The Hall–Kier alpha value is -2.37. The number of hydrogen-bond donors (Lipinski definition) is 2. The molecule has 128 valence electrons. The predicted molar refractivity (Wildman–Crippen MR) is 90.1 cm³/mol. The van der Waals surface area contributed by atoms with Gasteiger partial charge < -0.3 is 10.6 Å². The van der Waals surface area contributed by atoms with Gasteiger partial charge in [0, 0.05) is 19.8 Å². The number of hydrogen-bond acceptors (Lipinski definition) is 2. The summed E-state index contributed by atoms with van der Waals surface area (Å²) in [6, 6.07) is 4.74. The van der Waals surface area contributed by atoms with Crippen LogP contribution in [-0.2, 0) is 19.9 Å². The van der Waals surface area contributed by atoms with Crippen molar-refractivity contribution < 1.29 is 9.18 Å². The highest BCUT2D eigenvalue weighted by atomic mass is 19.1. The third-order valence-electron chi connectivity index (χ3n) is 4.65. The molecule has 24 heavy (non-hydrogen) atoms. The molecule has 2 atom stereocenters. The van der Waals surface area contributed by atoms with Gasteiger partial charge in [0.15, 0.2) is 0 Å². The number of nitrogens with zero attached hydrogens (tertiary/aromatic N) is 2. The number of carbonyl (C=O) groups excluding carboxylic acids is 1. The molecule has 2 amide bonds. The van der Waals surface area contributed by atoms with Gasteiger partial charge in [-0.2, -0.15) is 5.10 Å². The lowest BCUT2D eigenvalue weighted by Gasteiger charge is -2.32. The van der Waals surface area contributed by atoms with E-state index in [1.165, 1.54) is 6.07 Å². The van der Waals surface area contributed by atoms with Crippen molar-refractivity contribution in [3.63, 3.8) is 0 Å². The lowest BCUT2D eigenvalue weighted by Crippen LogP contribution is -2.42. The second kappa shape index (κ2) is 7.03. The Kier molecular flexibility index (Phi) is 4.83. The quantitative estimate of drug-likeness (QED) is 0.905. The van der Waals surface area contributed by atoms with Gasteiger partial charge in [-0.25, -0.2) is 9.18 Å². The summed E-state index contributed by atoms with van der Waals surface area (Å²) < 4.78 is 15.7. The molecular formula is C18H23FN4O. The number of carbonyl (C=O) groups is 1. The Bertz CT molecular complexity index is 728. The summed E-state index contributed by atoms with van der Waals surface area (Å²) in [6.45, 7) is 2.63. The van der Waals surface area contributed by atoms with Crippen molar-refractivity contribution in [1.82, 2.24) is 20.4 Å². The predicted octanol–water partition coefficient (Wildman–Crippen LogP) is 2.72. The average molecular weight is 330 g/mol. The molecule has 1 aliphatic rings. The Morgan fingerprint density at radius 3 is 3.04 bits per heavy atom. The van der Waals surface area contributed by atoms with Gasteiger partial charge in [-0.3, -0.25) is 4.68 Å². The minimum atomic E-state index is -0.215. The summed E-state index contributed by atoms with van der Waals surface area (Å²) in [7, 11) is 1.87. The molecule has 1 aromatic heterocycles. The first-order chi connectivity index (χ1) is 11.5. The molecule has 0 unspecified atom stereocenters. The van der Waals surface area contributed by atoms with Crippen molar-refractivity contribution in [2.24, 2.45) is 13.0 Å². The van der Waals surface area contributed by atoms with E-state index < -0.39 is 0 Å². The van der Waals surface area contributed by atoms with Crippen LogP contribution in [-0.4, -0.2) is 22.4 Å². The fourth-order valence-electron chi connectivity index (χ4n) is 3.31. The number of benzene rings is 1. The van der Waals surface area contributed by atoms with E-state index in [4.69, 9.17) is 0 Å². The highest BCUT2D eigenvalue weighted by Gasteiger charge is 2.29. The zero-order valence-corrected chi connectivity index (χ0v) is 14.1. The number of aryl methyl sites for hydroxylation is 1. The molecule has 0 fully saturated rings. The van der Waals surface area contributed by atoms with Crippen LogP contribution in [0.5, 0.6) is 0 Å². The first-order valence-corrected chi connectivity index (χ1v) is 8.34. The first kappa shape index (κ1) is 16.5. The van der Waals surface area contributed by atoms with Gasteiger partial charge in [0.25, 0.3) is 0 Å². The first-order valence-electron chi connectivity index (χ1n) is 8.34. The molecule has 1 aromatic carbocycles. The second-order valence-corrected chi connectivity index (χ2v) is 6.47. The van der Waals surface area contributed by atoms with Crippen molar-refractivity contribution in [2.45, 2.75) is 32.2 Å². The molecule has 0 spiro atoms. The van der Waals surface area contributed by atoms with E-state index in [1.54, 1.807) is 16.9 Å². The SMILES string of the molecule is C[C@@H]1CCc2c(F)cccc2[C@@H]1NC(=O)NCCc1cnn(C)c1. The van der Waals surface area contributed by atoms with Crippen LogP contribution in [0.2, 0.25) is 0 Å². The summed E-state index contributed by atoms with van der Waals surface area (Å²) in [5.74, 6) is 0.103. The van der Waals surface area contributed by atoms with E-state index >= 15 is 0 Å². The number of urea groups is 1. The highest BCUT2D eigenvalue weighted by Crippen LogP contribution is 2.35. The molecule has 2 N–H and O–H groups in total. The van der Waals surface area contributed by atoms with Gasteiger partial charge in [0.05, 0.1) is 12.2 Å². The van der Waals surface area contributed by atoms with Gasteiger partial charge in [0.1, 0.15) is 5.82 Å². The summed E-state index contributed by atoms with van der Waals surface area (Å²) in [5, 5.41) is 9.98. The molecule has 0 saturated heterocycles. The Labute approximate surface area is 141 Å². The van der Waals surface area contributed by atoms with Crippen molar-refractivity contribution in [3.05, 3.63) is 53.1 Å². The maximum absolute atomic E-state index is 14.0. The number of amides is 2.